The van der Waals surface area contributed by atoms with E-state index in [4.69, 9.17) is 4.98 Å². The number of fused-ring (bicyclic) bond motifs is 3. The second-order valence-electron chi connectivity index (χ2n) is 8.59. The van der Waals surface area contributed by atoms with Gasteiger partial charge >= 0.3 is 0 Å². The van der Waals surface area contributed by atoms with Crippen LogP contribution >= 0.6 is 0 Å². The van der Waals surface area contributed by atoms with Crippen LogP contribution in [0, 0.1) is 0 Å². The van der Waals surface area contributed by atoms with Crippen LogP contribution in [0.2, 0.25) is 0 Å². The van der Waals surface area contributed by atoms with Crippen LogP contribution < -0.4 is 0 Å². The second-order valence-corrected chi connectivity index (χ2v) is 8.59. The van der Waals surface area contributed by atoms with Crippen LogP contribution in [-0.2, 0) is 0 Å². The Labute approximate surface area is 177 Å². The molecule has 0 saturated heterocycles. The zero-order valence-corrected chi connectivity index (χ0v) is 17.3. The number of hydrogen-bond donors (Lipinski definition) is 0. The van der Waals surface area contributed by atoms with Crippen LogP contribution in [0.5, 0.6) is 0 Å². The van der Waals surface area contributed by atoms with Gasteiger partial charge in [0.2, 0.25) is 0 Å². The van der Waals surface area contributed by atoms with E-state index in [2.05, 4.69) is 105 Å². The number of benzene rings is 4. The van der Waals surface area contributed by atoms with Crippen LogP contribution in [-0.4, -0.2) is 4.98 Å². The van der Waals surface area contributed by atoms with E-state index in [-0.39, 0.29) is 5.92 Å². The van der Waals surface area contributed by atoms with Crippen molar-refractivity contribution in [3.63, 3.8) is 0 Å². The maximum absolute atomic E-state index is 5.26. The fourth-order valence-corrected chi connectivity index (χ4v) is 5.15. The first-order chi connectivity index (χ1) is 14.7. The molecule has 1 nitrogen and oxygen atoms in total. The van der Waals surface area contributed by atoms with Crippen LogP contribution in [0.1, 0.15) is 47.9 Å². The van der Waals surface area contributed by atoms with E-state index in [0.717, 1.165) is 11.2 Å². The minimum atomic E-state index is 0.192. The second kappa shape index (κ2) is 6.53. The number of nitrogens with zero attached hydrogens (tertiary/aromatic N) is 1. The molecule has 0 radical (unpaired) electrons. The van der Waals surface area contributed by atoms with Crippen LogP contribution in [0.15, 0.2) is 91.0 Å². The fourth-order valence-electron chi connectivity index (χ4n) is 5.15. The number of aromatic nitrogens is 1. The van der Waals surface area contributed by atoms with Gasteiger partial charge in [0.25, 0.3) is 0 Å². The van der Waals surface area contributed by atoms with Crippen molar-refractivity contribution in [2.24, 2.45) is 0 Å². The molecule has 1 unspecified atom stereocenters. The Hall–Kier alpha value is -3.45. The van der Waals surface area contributed by atoms with E-state index < -0.39 is 0 Å². The lowest BCUT2D eigenvalue weighted by Crippen LogP contribution is -2.12. The van der Waals surface area contributed by atoms with Gasteiger partial charge in [0.05, 0.1) is 11.2 Å². The largest absolute Gasteiger partial charge is 0.247 e. The molecule has 144 valence electrons. The maximum atomic E-state index is 5.26. The Bertz CT molecular complexity index is 1410. The lowest BCUT2D eigenvalue weighted by molar-refractivity contribution is 0.875. The molecule has 1 heteroatoms. The predicted molar refractivity (Wildman–Crippen MR) is 126 cm³/mol. The molecule has 0 bridgehead atoms. The van der Waals surface area contributed by atoms with E-state index in [0.29, 0.717) is 5.92 Å². The first-order valence-corrected chi connectivity index (χ1v) is 10.7. The van der Waals surface area contributed by atoms with Crippen molar-refractivity contribution in [3.8, 4) is 11.3 Å². The highest BCUT2D eigenvalue weighted by Gasteiger charge is 2.30. The molecule has 4 aromatic carbocycles. The topological polar surface area (TPSA) is 12.9 Å². The Morgan fingerprint density at radius 1 is 0.733 bits per heavy atom. The molecule has 0 amide bonds. The molecule has 0 spiro atoms. The summed E-state index contributed by atoms with van der Waals surface area (Å²) in [5.41, 5.74) is 8.85. The zero-order chi connectivity index (χ0) is 20.2. The molecule has 5 aromatic rings. The van der Waals surface area contributed by atoms with Gasteiger partial charge in [-0.1, -0.05) is 92.7 Å². The molecule has 1 atom stereocenters. The third-order valence-corrected chi connectivity index (χ3v) is 6.49. The molecular formula is C29H23N. The summed E-state index contributed by atoms with van der Waals surface area (Å²) in [6.07, 6.45) is 0. The standard InChI is InChI=1S/C29H23N/c1-18(2)21-13-8-16-26-24(21)17-25-28(19-9-4-3-5-10-19)22-14-6-11-20-12-7-15-23(27(20)22)29(25)30-26/h3-18,28H,1-2H3. The van der Waals surface area contributed by atoms with Crippen LogP contribution in [0.25, 0.3) is 32.9 Å². The predicted octanol–water partition coefficient (Wildman–Crippen LogP) is 7.67. The Kier molecular flexibility index (Phi) is 3.79. The molecule has 0 aliphatic heterocycles. The van der Waals surface area contributed by atoms with E-state index in [9.17, 15) is 0 Å². The Balaban J connectivity index is 1.78. The van der Waals surface area contributed by atoms with Crippen molar-refractivity contribution in [3.05, 3.63) is 113 Å². The maximum Gasteiger partial charge on any atom is 0.0757 e. The highest BCUT2D eigenvalue weighted by molar-refractivity contribution is 6.03. The van der Waals surface area contributed by atoms with Crippen molar-refractivity contribution >= 4 is 21.7 Å². The fraction of sp³-hybridized carbons (Fsp3) is 0.138. The van der Waals surface area contributed by atoms with E-state index in [1.165, 1.54) is 44.0 Å². The highest BCUT2D eigenvalue weighted by Crippen LogP contribution is 2.48. The Morgan fingerprint density at radius 3 is 2.30 bits per heavy atom. The van der Waals surface area contributed by atoms with Crippen molar-refractivity contribution in [1.29, 1.82) is 0 Å². The molecule has 1 heterocycles. The minimum Gasteiger partial charge on any atom is -0.247 e. The van der Waals surface area contributed by atoms with Crippen LogP contribution in [0.4, 0.5) is 0 Å². The molecule has 1 aromatic heterocycles. The SMILES string of the molecule is CC(C)c1cccc2nc3c(cc12)C(c1ccccc1)c1cccc2cccc-3c12. The monoisotopic (exact) mass is 385 g/mol. The van der Waals surface area contributed by atoms with Gasteiger partial charge in [-0.05, 0) is 51.1 Å². The van der Waals surface area contributed by atoms with Crippen molar-refractivity contribution in [1.82, 2.24) is 4.98 Å². The lowest BCUT2D eigenvalue weighted by Gasteiger charge is -2.29. The van der Waals surface area contributed by atoms with Gasteiger partial charge in [0.15, 0.2) is 0 Å². The zero-order valence-electron chi connectivity index (χ0n) is 17.3. The highest BCUT2D eigenvalue weighted by atomic mass is 14.7. The molecule has 6 rings (SSSR count). The van der Waals surface area contributed by atoms with E-state index >= 15 is 0 Å². The Morgan fingerprint density at radius 2 is 1.50 bits per heavy atom. The number of pyridine rings is 1. The minimum absolute atomic E-state index is 0.192. The van der Waals surface area contributed by atoms with Gasteiger partial charge < -0.3 is 0 Å². The molecule has 0 saturated carbocycles. The quantitative estimate of drug-likeness (QED) is 0.298. The third kappa shape index (κ3) is 2.45. The summed E-state index contributed by atoms with van der Waals surface area (Å²) in [7, 11) is 0. The van der Waals surface area contributed by atoms with Crippen LogP contribution in [0.3, 0.4) is 0 Å². The van der Waals surface area contributed by atoms with Gasteiger partial charge in [-0.25, -0.2) is 4.98 Å². The van der Waals surface area contributed by atoms with Gasteiger partial charge in [-0.3, -0.25) is 0 Å². The number of hydrogen-bond acceptors (Lipinski definition) is 1. The third-order valence-electron chi connectivity index (χ3n) is 6.49. The summed E-state index contributed by atoms with van der Waals surface area (Å²) in [5, 5.41) is 3.90. The average Bonchev–Trinajstić information content (AvgIpc) is 2.78. The van der Waals surface area contributed by atoms with Gasteiger partial charge in [0.1, 0.15) is 0 Å². The molecule has 30 heavy (non-hydrogen) atoms. The summed E-state index contributed by atoms with van der Waals surface area (Å²) >= 11 is 0. The summed E-state index contributed by atoms with van der Waals surface area (Å²) in [6.45, 7) is 4.53. The number of rotatable bonds is 2. The normalized spacial score (nSPS) is 15.0. The molecule has 0 N–H and O–H groups in total. The first-order valence-electron chi connectivity index (χ1n) is 10.7. The molecule has 1 aliphatic rings. The first kappa shape index (κ1) is 17.4. The average molecular weight is 386 g/mol. The summed E-state index contributed by atoms with van der Waals surface area (Å²) < 4.78 is 0. The summed E-state index contributed by atoms with van der Waals surface area (Å²) in [6, 6.07) is 33.1. The lowest BCUT2D eigenvalue weighted by atomic mass is 9.75. The van der Waals surface area contributed by atoms with Gasteiger partial charge in [-0.15, -0.1) is 0 Å². The smallest absolute Gasteiger partial charge is 0.0757 e. The van der Waals surface area contributed by atoms with Crippen molar-refractivity contribution in [2.45, 2.75) is 25.7 Å². The van der Waals surface area contributed by atoms with E-state index in [1.807, 2.05) is 0 Å². The molecule has 1 aliphatic carbocycles. The van der Waals surface area contributed by atoms with Gasteiger partial charge in [0, 0.05) is 16.9 Å². The summed E-state index contributed by atoms with van der Waals surface area (Å²) in [4.78, 5) is 5.26. The van der Waals surface area contributed by atoms with Crippen molar-refractivity contribution < 1.29 is 0 Å². The van der Waals surface area contributed by atoms with E-state index in [1.54, 1.807) is 0 Å². The molecular weight excluding hydrogens is 362 g/mol. The molecule has 0 fully saturated rings. The van der Waals surface area contributed by atoms with Crippen molar-refractivity contribution in [2.75, 3.05) is 0 Å². The summed E-state index contributed by atoms with van der Waals surface area (Å²) in [5.74, 6) is 0.653. The van der Waals surface area contributed by atoms with Gasteiger partial charge in [-0.2, -0.15) is 0 Å².